The lowest BCUT2D eigenvalue weighted by atomic mass is 9.70. The van der Waals surface area contributed by atoms with Crippen LogP contribution in [0.15, 0.2) is 0 Å². The Morgan fingerprint density at radius 3 is 0.857 bits per heavy atom. The molecule has 0 spiro atoms. The molecule has 260 valence electrons. The van der Waals surface area contributed by atoms with Crippen LogP contribution >= 0.6 is 0 Å². The van der Waals surface area contributed by atoms with Gasteiger partial charge in [-0.05, 0) is 89.3 Å². The van der Waals surface area contributed by atoms with E-state index in [9.17, 15) is 10.2 Å². The van der Waals surface area contributed by atoms with Crippen LogP contribution in [-0.2, 0) is 0 Å². The van der Waals surface area contributed by atoms with Crippen molar-refractivity contribution in [1.29, 1.82) is 0 Å². The molecule has 42 heavy (non-hydrogen) atoms. The summed E-state index contributed by atoms with van der Waals surface area (Å²) in [4.78, 5) is 0. The highest BCUT2D eigenvalue weighted by Crippen LogP contribution is 2.38. The van der Waals surface area contributed by atoms with Crippen LogP contribution in [0.25, 0.3) is 0 Å². The second-order valence-electron chi connectivity index (χ2n) is 20.7. The molecule has 0 rings (SSSR count). The smallest absolute Gasteiger partial charge is 0.0647 e. The summed E-state index contributed by atoms with van der Waals surface area (Å²) in [6.07, 6.45) is 4.25. The topological polar surface area (TPSA) is 40.5 Å². The molecule has 0 bridgehead atoms. The third kappa shape index (κ3) is 34.4. The Labute approximate surface area is 270 Å². The van der Waals surface area contributed by atoms with Gasteiger partial charge in [0.25, 0.3) is 0 Å². The standard InChI is InChI=1S/C11H24.C10H22O.C10H22.C9H20O/c1-9(2)11(6,7)8-10(3,4)5;1-8(2)10(6,11)7-9(3,4)5;1-8(2)9(3)7-10(4,5)6;1-7(2)8(10)6-9(3,4)5/h9H,8H2,1-7H3;8,11H,7H2,1-6H3;8-9H,7H2,1-6H3;7-8,10H,6H2,1-5H3. The van der Waals surface area contributed by atoms with E-state index in [2.05, 4.69) is 159 Å². The first-order chi connectivity index (χ1) is 18.0. The van der Waals surface area contributed by atoms with Crippen LogP contribution in [0.2, 0.25) is 0 Å². The zero-order valence-electron chi connectivity index (χ0n) is 34.2. The van der Waals surface area contributed by atoms with Crippen molar-refractivity contribution >= 4 is 0 Å². The summed E-state index contributed by atoms with van der Waals surface area (Å²) in [6.45, 7) is 53.3. The molecule has 2 heteroatoms. The third-order valence-electron chi connectivity index (χ3n) is 8.34. The summed E-state index contributed by atoms with van der Waals surface area (Å²) < 4.78 is 0. The summed E-state index contributed by atoms with van der Waals surface area (Å²) in [6, 6.07) is 0. The van der Waals surface area contributed by atoms with E-state index in [-0.39, 0.29) is 16.9 Å². The normalized spacial score (nSPS) is 16.1. The van der Waals surface area contributed by atoms with Crippen molar-refractivity contribution in [3.05, 3.63) is 0 Å². The molecule has 3 atom stereocenters. The van der Waals surface area contributed by atoms with Crippen LogP contribution in [0.1, 0.15) is 192 Å². The van der Waals surface area contributed by atoms with Gasteiger partial charge in [0.1, 0.15) is 0 Å². The van der Waals surface area contributed by atoms with Crippen molar-refractivity contribution in [2.45, 2.75) is 204 Å². The fourth-order valence-electron chi connectivity index (χ4n) is 4.91. The molecule has 0 heterocycles. The van der Waals surface area contributed by atoms with Gasteiger partial charge < -0.3 is 10.2 Å². The average molecular weight is 601 g/mol. The Morgan fingerprint density at radius 1 is 0.429 bits per heavy atom. The first kappa shape index (κ1) is 48.8. The lowest BCUT2D eigenvalue weighted by molar-refractivity contribution is -0.0213. The highest BCUT2D eigenvalue weighted by Gasteiger charge is 2.30. The van der Waals surface area contributed by atoms with E-state index in [0.717, 1.165) is 30.6 Å². The van der Waals surface area contributed by atoms with Crippen molar-refractivity contribution < 1.29 is 10.2 Å². The van der Waals surface area contributed by atoms with E-state index in [1.807, 2.05) is 6.92 Å². The van der Waals surface area contributed by atoms with Gasteiger partial charge >= 0.3 is 0 Å². The van der Waals surface area contributed by atoms with Gasteiger partial charge in [-0.2, -0.15) is 0 Å². The Bertz CT molecular complexity index is 579. The number of rotatable bonds is 8. The quantitative estimate of drug-likeness (QED) is 0.291. The molecule has 0 aromatic heterocycles. The molecule has 0 saturated heterocycles. The molecule has 0 aromatic carbocycles. The fraction of sp³-hybridized carbons (Fsp3) is 1.00. The molecular formula is C40H88O2. The van der Waals surface area contributed by atoms with Crippen molar-refractivity contribution in [3.8, 4) is 0 Å². The fourth-order valence-corrected chi connectivity index (χ4v) is 4.91. The summed E-state index contributed by atoms with van der Waals surface area (Å²) in [5.74, 6) is 3.20. The van der Waals surface area contributed by atoms with Gasteiger partial charge in [0.05, 0.1) is 11.7 Å². The zero-order valence-corrected chi connectivity index (χ0v) is 34.2. The van der Waals surface area contributed by atoms with Gasteiger partial charge in [-0.3, -0.25) is 0 Å². The molecule has 0 saturated carbocycles. The predicted molar refractivity (Wildman–Crippen MR) is 195 cm³/mol. The van der Waals surface area contributed by atoms with Crippen LogP contribution in [0.5, 0.6) is 0 Å². The van der Waals surface area contributed by atoms with E-state index >= 15 is 0 Å². The van der Waals surface area contributed by atoms with Crippen molar-refractivity contribution in [2.24, 2.45) is 56.7 Å². The number of aliphatic hydroxyl groups is 2. The first-order valence-corrected chi connectivity index (χ1v) is 17.4. The molecule has 0 aliphatic carbocycles. The number of hydrogen-bond acceptors (Lipinski definition) is 2. The Morgan fingerprint density at radius 2 is 0.762 bits per heavy atom. The Balaban J connectivity index is -0.000000229. The van der Waals surface area contributed by atoms with Crippen molar-refractivity contribution in [1.82, 2.24) is 0 Å². The van der Waals surface area contributed by atoms with Gasteiger partial charge in [0.2, 0.25) is 0 Å². The van der Waals surface area contributed by atoms with Crippen LogP contribution in [0.4, 0.5) is 0 Å². The Kier molecular flexibility index (Phi) is 22.6. The minimum atomic E-state index is -0.516. The lowest BCUT2D eigenvalue weighted by Gasteiger charge is -2.35. The minimum Gasteiger partial charge on any atom is -0.393 e. The molecule has 0 aliphatic rings. The second kappa shape index (κ2) is 19.4. The van der Waals surface area contributed by atoms with Gasteiger partial charge in [-0.15, -0.1) is 0 Å². The van der Waals surface area contributed by atoms with Crippen LogP contribution < -0.4 is 0 Å². The molecular weight excluding hydrogens is 512 g/mol. The number of hydrogen-bond donors (Lipinski definition) is 2. The molecule has 2 N–H and O–H groups in total. The molecule has 0 amide bonds. The van der Waals surface area contributed by atoms with E-state index in [1.165, 1.54) is 12.8 Å². The molecule has 3 unspecified atom stereocenters. The van der Waals surface area contributed by atoms with Crippen LogP contribution in [0.3, 0.4) is 0 Å². The monoisotopic (exact) mass is 601 g/mol. The second-order valence-corrected chi connectivity index (χ2v) is 20.7. The van der Waals surface area contributed by atoms with Gasteiger partial charge in [-0.1, -0.05) is 159 Å². The van der Waals surface area contributed by atoms with Gasteiger partial charge in [0.15, 0.2) is 0 Å². The predicted octanol–water partition coefficient (Wildman–Crippen LogP) is 13.1. The molecule has 0 aromatic rings. The average Bonchev–Trinajstić information content (AvgIpc) is 2.62. The van der Waals surface area contributed by atoms with Crippen LogP contribution in [0, 0.1) is 56.7 Å². The van der Waals surface area contributed by atoms with Crippen LogP contribution in [-0.4, -0.2) is 21.9 Å². The molecule has 0 fully saturated rings. The maximum absolute atomic E-state index is 9.93. The summed E-state index contributed by atoms with van der Waals surface area (Å²) in [5.41, 5.74) is 1.41. The molecule has 0 radical (unpaired) electrons. The third-order valence-corrected chi connectivity index (χ3v) is 8.34. The SMILES string of the molecule is CC(C)C(C)(C)CC(C)(C)C.CC(C)C(C)(O)CC(C)(C)C.CC(C)C(C)CC(C)(C)C.CC(C)C(O)CC(C)(C)C. The summed E-state index contributed by atoms with van der Waals surface area (Å²) in [7, 11) is 0. The van der Waals surface area contributed by atoms with E-state index in [0.29, 0.717) is 28.1 Å². The maximum Gasteiger partial charge on any atom is 0.0647 e. The summed E-state index contributed by atoms with van der Waals surface area (Å²) >= 11 is 0. The molecule has 2 nitrogen and oxygen atoms in total. The van der Waals surface area contributed by atoms with Gasteiger partial charge in [-0.25, -0.2) is 0 Å². The first-order valence-electron chi connectivity index (χ1n) is 17.4. The van der Waals surface area contributed by atoms with E-state index < -0.39 is 5.60 Å². The maximum atomic E-state index is 9.93. The van der Waals surface area contributed by atoms with Gasteiger partial charge in [0, 0.05) is 0 Å². The van der Waals surface area contributed by atoms with Crippen molar-refractivity contribution in [3.63, 3.8) is 0 Å². The highest BCUT2D eigenvalue weighted by atomic mass is 16.3. The Hall–Kier alpha value is -0.0800. The zero-order chi connectivity index (χ0) is 35.3. The number of aliphatic hydroxyl groups excluding tert-OH is 1. The highest BCUT2D eigenvalue weighted by molar-refractivity contribution is 4.82. The lowest BCUT2D eigenvalue weighted by Crippen LogP contribution is -2.35. The summed E-state index contributed by atoms with van der Waals surface area (Å²) in [5, 5.41) is 19.4. The minimum absolute atomic E-state index is 0.139. The largest absolute Gasteiger partial charge is 0.393 e. The van der Waals surface area contributed by atoms with E-state index in [4.69, 9.17) is 0 Å². The van der Waals surface area contributed by atoms with E-state index in [1.54, 1.807) is 0 Å². The van der Waals surface area contributed by atoms with Crippen molar-refractivity contribution in [2.75, 3.05) is 0 Å². The molecule has 0 aliphatic heterocycles.